The highest BCUT2D eigenvalue weighted by molar-refractivity contribution is 5.58. The lowest BCUT2D eigenvalue weighted by molar-refractivity contribution is 0.551. The lowest BCUT2D eigenvalue weighted by Crippen LogP contribution is -2.11. The maximum Gasteiger partial charge on any atom is 0.0628 e. The zero-order valence-electron chi connectivity index (χ0n) is 8.27. The second kappa shape index (κ2) is 3.67. The topological polar surface area (TPSA) is 23.8 Å². The third kappa shape index (κ3) is 1.44. The van der Waals surface area contributed by atoms with E-state index in [0.29, 0.717) is 18.3 Å². The number of fused-ring (bicyclic) bond motifs is 1. The molecule has 70 valence electrons. The van der Waals surface area contributed by atoms with Crippen molar-refractivity contribution in [1.82, 2.24) is 0 Å². The summed E-state index contributed by atoms with van der Waals surface area (Å²) in [6, 6.07) is 10.6. The molecule has 1 aliphatic rings. The minimum Gasteiger partial charge on any atom is -0.198 e. The van der Waals surface area contributed by atoms with Crippen LogP contribution in [0.1, 0.15) is 30.4 Å². The highest BCUT2D eigenvalue weighted by Crippen LogP contribution is 2.35. The number of benzene rings is 1. The van der Waals surface area contributed by atoms with Crippen molar-refractivity contribution < 1.29 is 0 Å². The molecule has 1 nitrogen and oxygen atoms in total. The van der Waals surface area contributed by atoms with Gasteiger partial charge in [-0.1, -0.05) is 43.3 Å². The van der Waals surface area contributed by atoms with E-state index in [1.165, 1.54) is 11.1 Å². The Morgan fingerprint density at radius 2 is 2.14 bits per heavy atom. The highest BCUT2D eigenvalue weighted by atomic mass is 14.3. The molecule has 1 aromatic carbocycles. The molecule has 0 fully saturated rings. The maximum atomic E-state index is 8.79. The number of nitriles is 1. The fourth-order valence-corrected chi connectivity index (χ4v) is 2.07. The Labute approximate surface area is 84.7 Å². The van der Waals surface area contributed by atoms with Crippen molar-refractivity contribution in [3.05, 3.63) is 41.5 Å². The van der Waals surface area contributed by atoms with Gasteiger partial charge in [-0.25, -0.2) is 0 Å². The molecule has 0 saturated heterocycles. The van der Waals surface area contributed by atoms with Gasteiger partial charge in [0.2, 0.25) is 0 Å². The fraction of sp³-hybridized carbons (Fsp3) is 0.308. The normalized spacial score (nSPS) is 24.0. The molecule has 1 heteroatoms. The predicted molar refractivity (Wildman–Crippen MR) is 57.6 cm³/mol. The summed E-state index contributed by atoms with van der Waals surface area (Å²) < 4.78 is 0. The molecule has 0 heterocycles. The van der Waals surface area contributed by atoms with Crippen molar-refractivity contribution >= 4 is 6.08 Å². The Morgan fingerprint density at radius 1 is 1.36 bits per heavy atom. The average Bonchev–Trinajstić information content (AvgIpc) is 2.23. The SMILES string of the molecule is C[C@@H]1C=Cc2ccccc2[C@H]1CC#N. The first kappa shape index (κ1) is 9.02. The molecule has 1 aromatic rings. The Balaban J connectivity index is 2.43. The van der Waals surface area contributed by atoms with Crippen LogP contribution in [0.25, 0.3) is 6.08 Å². The number of allylic oxidation sites excluding steroid dienone is 1. The first-order valence-electron chi connectivity index (χ1n) is 4.97. The molecular weight excluding hydrogens is 170 g/mol. The smallest absolute Gasteiger partial charge is 0.0628 e. The van der Waals surface area contributed by atoms with E-state index in [1.807, 2.05) is 6.07 Å². The van der Waals surface area contributed by atoms with Gasteiger partial charge < -0.3 is 0 Å². The van der Waals surface area contributed by atoms with Crippen LogP contribution in [0, 0.1) is 17.2 Å². The Kier molecular flexibility index (Phi) is 2.37. The maximum absolute atomic E-state index is 8.79. The van der Waals surface area contributed by atoms with E-state index in [-0.39, 0.29) is 0 Å². The average molecular weight is 183 g/mol. The van der Waals surface area contributed by atoms with E-state index < -0.39 is 0 Å². The lowest BCUT2D eigenvalue weighted by Gasteiger charge is -2.25. The molecule has 0 bridgehead atoms. The molecule has 2 atom stereocenters. The molecule has 0 aliphatic heterocycles. The molecule has 14 heavy (non-hydrogen) atoms. The minimum atomic E-state index is 0.376. The van der Waals surface area contributed by atoms with Crippen LogP contribution >= 0.6 is 0 Å². The van der Waals surface area contributed by atoms with Gasteiger partial charge in [0.1, 0.15) is 0 Å². The Bertz CT molecular complexity index is 398. The molecular formula is C13H13N. The summed E-state index contributed by atoms with van der Waals surface area (Å²) >= 11 is 0. The predicted octanol–water partition coefficient (Wildman–Crippen LogP) is 3.35. The number of nitrogens with zero attached hydrogens (tertiary/aromatic N) is 1. The zero-order valence-corrected chi connectivity index (χ0v) is 8.27. The second-order valence-electron chi connectivity index (χ2n) is 3.82. The van der Waals surface area contributed by atoms with Crippen LogP contribution in [0.4, 0.5) is 0 Å². The van der Waals surface area contributed by atoms with Gasteiger partial charge in [0, 0.05) is 12.3 Å². The van der Waals surface area contributed by atoms with Crippen molar-refractivity contribution in [3.8, 4) is 6.07 Å². The van der Waals surface area contributed by atoms with E-state index in [2.05, 4.69) is 43.3 Å². The summed E-state index contributed by atoms with van der Waals surface area (Å²) in [5, 5.41) is 8.79. The van der Waals surface area contributed by atoms with Crippen molar-refractivity contribution in [2.24, 2.45) is 5.92 Å². The molecule has 1 aliphatic carbocycles. The summed E-state index contributed by atoms with van der Waals surface area (Å²) in [6.45, 7) is 2.18. The van der Waals surface area contributed by atoms with Crippen LogP contribution in [0.5, 0.6) is 0 Å². The standard InChI is InChI=1S/C13H13N/c1-10-6-7-11-4-2-3-5-13(11)12(10)8-9-14/h2-7,10,12H,8H2,1H3/t10-,12+/m1/s1. The van der Waals surface area contributed by atoms with Crippen LogP contribution in [0.3, 0.4) is 0 Å². The fourth-order valence-electron chi connectivity index (χ4n) is 2.07. The molecule has 0 N–H and O–H groups in total. The minimum absolute atomic E-state index is 0.376. The summed E-state index contributed by atoms with van der Waals surface area (Å²) in [7, 11) is 0. The molecule has 0 amide bonds. The van der Waals surface area contributed by atoms with E-state index >= 15 is 0 Å². The number of hydrogen-bond acceptors (Lipinski definition) is 1. The monoisotopic (exact) mass is 183 g/mol. The van der Waals surface area contributed by atoms with E-state index in [4.69, 9.17) is 5.26 Å². The van der Waals surface area contributed by atoms with Crippen molar-refractivity contribution in [2.45, 2.75) is 19.3 Å². The molecule has 0 unspecified atom stereocenters. The summed E-state index contributed by atoms with van der Waals surface area (Å²) in [6.07, 6.45) is 4.97. The van der Waals surface area contributed by atoms with Gasteiger partial charge in [0.05, 0.1) is 6.07 Å². The zero-order chi connectivity index (χ0) is 9.97. The van der Waals surface area contributed by atoms with Gasteiger partial charge >= 0.3 is 0 Å². The quantitative estimate of drug-likeness (QED) is 0.655. The van der Waals surface area contributed by atoms with Gasteiger partial charge in [-0.05, 0) is 17.0 Å². The first-order chi connectivity index (χ1) is 6.83. The van der Waals surface area contributed by atoms with Crippen molar-refractivity contribution in [2.75, 3.05) is 0 Å². The largest absolute Gasteiger partial charge is 0.198 e. The van der Waals surface area contributed by atoms with Crippen LogP contribution in [0.15, 0.2) is 30.3 Å². The van der Waals surface area contributed by atoms with Gasteiger partial charge in [-0.3, -0.25) is 0 Å². The molecule has 2 rings (SSSR count). The van der Waals surface area contributed by atoms with Gasteiger partial charge in [-0.15, -0.1) is 0 Å². The lowest BCUT2D eigenvalue weighted by atomic mass is 9.79. The van der Waals surface area contributed by atoms with Gasteiger partial charge in [0.25, 0.3) is 0 Å². The summed E-state index contributed by atoms with van der Waals surface area (Å²) in [5.41, 5.74) is 2.59. The Morgan fingerprint density at radius 3 is 2.93 bits per heavy atom. The third-order valence-corrected chi connectivity index (χ3v) is 2.92. The first-order valence-corrected chi connectivity index (χ1v) is 4.97. The van der Waals surface area contributed by atoms with E-state index in [1.54, 1.807) is 0 Å². The van der Waals surface area contributed by atoms with Gasteiger partial charge in [-0.2, -0.15) is 5.26 Å². The van der Waals surface area contributed by atoms with Crippen molar-refractivity contribution in [1.29, 1.82) is 5.26 Å². The van der Waals surface area contributed by atoms with E-state index in [0.717, 1.165) is 0 Å². The van der Waals surface area contributed by atoms with Crippen LogP contribution in [0.2, 0.25) is 0 Å². The third-order valence-electron chi connectivity index (χ3n) is 2.92. The highest BCUT2D eigenvalue weighted by Gasteiger charge is 2.22. The van der Waals surface area contributed by atoms with Crippen LogP contribution < -0.4 is 0 Å². The van der Waals surface area contributed by atoms with E-state index in [9.17, 15) is 0 Å². The molecule has 0 saturated carbocycles. The van der Waals surface area contributed by atoms with Gasteiger partial charge in [0.15, 0.2) is 0 Å². The van der Waals surface area contributed by atoms with Crippen molar-refractivity contribution in [3.63, 3.8) is 0 Å². The summed E-state index contributed by atoms with van der Waals surface area (Å²) in [4.78, 5) is 0. The second-order valence-corrected chi connectivity index (χ2v) is 3.82. The summed E-state index contributed by atoms with van der Waals surface area (Å²) in [5.74, 6) is 0.853. The number of rotatable bonds is 1. The molecule has 0 spiro atoms. The number of hydrogen-bond donors (Lipinski definition) is 0. The van der Waals surface area contributed by atoms with Crippen LogP contribution in [-0.2, 0) is 0 Å². The Hall–Kier alpha value is -1.55. The van der Waals surface area contributed by atoms with Crippen LogP contribution in [-0.4, -0.2) is 0 Å². The molecule has 0 radical (unpaired) electrons. The molecule has 0 aromatic heterocycles.